The van der Waals surface area contributed by atoms with Crippen molar-refractivity contribution in [3.63, 3.8) is 0 Å². The highest BCUT2D eigenvalue weighted by Gasteiger charge is 2.01. The number of aromatic nitrogens is 2. The molecular formula is C14H19N3O. The van der Waals surface area contributed by atoms with Gasteiger partial charge in [-0.25, -0.2) is 4.98 Å². The molecule has 1 aromatic carbocycles. The van der Waals surface area contributed by atoms with Crippen molar-refractivity contribution >= 4 is 0 Å². The smallest absolute Gasteiger partial charge is 0.122 e. The van der Waals surface area contributed by atoms with Crippen molar-refractivity contribution in [1.82, 2.24) is 14.9 Å². The van der Waals surface area contributed by atoms with Crippen LogP contribution >= 0.6 is 0 Å². The van der Waals surface area contributed by atoms with Gasteiger partial charge in [-0.15, -0.1) is 0 Å². The highest BCUT2D eigenvalue weighted by molar-refractivity contribution is 5.28. The molecule has 0 unspecified atom stereocenters. The number of hydrogen-bond acceptors (Lipinski definition) is 3. The molecule has 0 saturated heterocycles. The number of nitrogens with one attached hydrogen (secondary N) is 1. The van der Waals surface area contributed by atoms with Gasteiger partial charge in [0.15, 0.2) is 0 Å². The van der Waals surface area contributed by atoms with E-state index in [0.717, 1.165) is 31.2 Å². The quantitative estimate of drug-likeness (QED) is 0.848. The number of methoxy groups -OCH3 is 1. The van der Waals surface area contributed by atoms with Crippen molar-refractivity contribution in [1.29, 1.82) is 0 Å². The largest absolute Gasteiger partial charge is 0.497 e. The topological polar surface area (TPSA) is 39.1 Å². The van der Waals surface area contributed by atoms with Crippen LogP contribution in [0.1, 0.15) is 18.3 Å². The Labute approximate surface area is 108 Å². The zero-order chi connectivity index (χ0) is 12.8. The van der Waals surface area contributed by atoms with Gasteiger partial charge in [-0.2, -0.15) is 0 Å². The van der Waals surface area contributed by atoms with Crippen molar-refractivity contribution in [2.75, 3.05) is 7.11 Å². The van der Waals surface area contributed by atoms with Crippen molar-refractivity contribution in [3.8, 4) is 5.75 Å². The number of rotatable bonds is 6. The molecule has 2 rings (SSSR count). The third-order valence-electron chi connectivity index (χ3n) is 2.89. The van der Waals surface area contributed by atoms with Crippen LogP contribution in [-0.4, -0.2) is 16.7 Å². The molecule has 0 radical (unpaired) electrons. The Morgan fingerprint density at radius 1 is 1.33 bits per heavy atom. The van der Waals surface area contributed by atoms with Crippen LogP contribution in [0.3, 0.4) is 0 Å². The predicted octanol–water partition coefficient (Wildman–Crippen LogP) is 2.20. The second kappa shape index (κ2) is 6.21. The third-order valence-corrected chi connectivity index (χ3v) is 2.89. The lowest BCUT2D eigenvalue weighted by molar-refractivity contribution is 0.414. The van der Waals surface area contributed by atoms with Crippen LogP contribution in [0, 0.1) is 0 Å². The number of benzene rings is 1. The van der Waals surface area contributed by atoms with E-state index < -0.39 is 0 Å². The van der Waals surface area contributed by atoms with Gasteiger partial charge >= 0.3 is 0 Å². The summed E-state index contributed by atoms with van der Waals surface area (Å²) in [4.78, 5) is 4.33. The van der Waals surface area contributed by atoms with Gasteiger partial charge in [0.2, 0.25) is 0 Å². The van der Waals surface area contributed by atoms with Gasteiger partial charge in [0.25, 0.3) is 0 Å². The molecule has 1 aromatic heterocycles. The molecule has 1 heterocycles. The Hall–Kier alpha value is -1.81. The Bertz CT molecular complexity index is 493. The van der Waals surface area contributed by atoms with Crippen LogP contribution in [0.25, 0.3) is 0 Å². The maximum absolute atomic E-state index is 5.20. The van der Waals surface area contributed by atoms with Crippen LogP contribution in [0.15, 0.2) is 36.7 Å². The average molecular weight is 245 g/mol. The predicted molar refractivity (Wildman–Crippen MR) is 71.4 cm³/mol. The van der Waals surface area contributed by atoms with Crippen LogP contribution in [0.4, 0.5) is 0 Å². The fraction of sp³-hybridized carbons (Fsp3) is 0.357. The Morgan fingerprint density at radius 2 is 2.22 bits per heavy atom. The minimum Gasteiger partial charge on any atom is -0.497 e. The second-order valence-corrected chi connectivity index (χ2v) is 4.08. The highest BCUT2D eigenvalue weighted by Crippen LogP contribution is 2.12. The minimum absolute atomic E-state index is 0.776. The monoisotopic (exact) mass is 245 g/mol. The lowest BCUT2D eigenvalue weighted by Crippen LogP contribution is -2.16. The molecule has 0 amide bonds. The fourth-order valence-corrected chi connectivity index (χ4v) is 1.90. The minimum atomic E-state index is 0.776. The summed E-state index contributed by atoms with van der Waals surface area (Å²) in [6.07, 6.45) is 3.84. The van der Waals surface area contributed by atoms with Gasteiger partial charge in [-0.3, -0.25) is 0 Å². The molecule has 2 aromatic rings. The lowest BCUT2D eigenvalue weighted by Gasteiger charge is -2.08. The molecule has 1 N–H and O–H groups in total. The average Bonchev–Trinajstić information content (AvgIpc) is 2.86. The number of aryl methyl sites for hydroxylation is 1. The zero-order valence-corrected chi connectivity index (χ0v) is 10.9. The first-order valence-corrected chi connectivity index (χ1v) is 6.17. The molecule has 0 fully saturated rings. The molecule has 0 aliphatic heterocycles. The first kappa shape index (κ1) is 12.6. The van der Waals surface area contributed by atoms with Gasteiger partial charge in [0, 0.05) is 25.5 Å². The number of hydrogen-bond donors (Lipinski definition) is 1. The molecule has 0 aliphatic carbocycles. The van der Waals surface area contributed by atoms with Crippen molar-refractivity contribution in [3.05, 3.63) is 48.0 Å². The summed E-state index contributed by atoms with van der Waals surface area (Å²) in [6, 6.07) is 8.08. The van der Waals surface area contributed by atoms with Crippen molar-refractivity contribution in [2.45, 2.75) is 26.6 Å². The standard InChI is InChI=1S/C14H19N3O/c1-3-17-8-7-16-14(17)11-15-10-12-5-4-6-13(9-12)18-2/h4-9,15H,3,10-11H2,1-2H3. The van der Waals surface area contributed by atoms with Gasteiger partial charge in [0.1, 0.15) is 11.6 Å². The number of nitrogens with zero attached hydrogens (tertiary/aromatic N) is 2. The summed E-state index contributed by atoms with van der Waals surface area (Å²) in [5, 5.41) is 3.39. The fourth-order valence-electron chi connectivity index (χ4n) is 1.90. The maximum atomic E-state index is 5.20. The normalized spacial score (nSPS) is 10.6. The molecule has 4 nitrogen and oxygen atoms in total. The van der Waals surface area contributed by atoms with Crippen LogP contribution < -0.4 is 10.1 Å². The van der Waals surface area contributed by atoms with Crippen LogP contribution in [0.2, 0.25) is 0 Å². The number of ether oxygens (including phenoxy) is 1. The van der Waals surface area contributed by atoms with E-state index in [4.69, 9.17) is 4.74 Å². The van der Waals surface area contributed by atoms with Crippen molar-refractivity contribution < 1.29 is 4.74 Å². The van der Waals surface area contributed by atoms with E-state index in [1.54, 1.807) is 7.11 Å². The molecule has 0 atom stereocenters. The molecule has 4 heteroatoms. The summed E-state index contributed by atoms with van der Waals surface area (Å²) in [5.41, 5.74) is 1.21. The Balaban J connectivity index is 1.88. The zero-order valence-electron chi connectivity index (χ0n) is 10.9. The Kier molecular flexibility index (Phi) is 4.36. The second-order valence-electron chi connectivity index (χ2n) is 4.08. The van der Waals surface area contributed by atoms with Gasteiger partial charge < -0.3 is 14.6 Å². The first-order valence-electron chi connectivity index (χ1n) is 6.17. The molecule has 0 aliphatic rings. The third kappa shape index (κ3) is 3.11. The lowest BCUT2D eigenvalue weighted by atomic mass is 10.2. The number of imidazole rings is 1. The van der Waals surface area contributed by atoms with E-state index in [-0.39, 0.29) is 0 Å². The van der Waals surface area contributed by atoms with E-state index in [2.05, 4.69) is 27.9 Å². The van der Waals surface area contributed by atoms with Gasteiger partial charge in [-0.1, -0.05) is 12.1 Å². The summed E-state index contributed by atoms with van der Waals surface area (Å²) in [5.74, 6) is 1.96. The van der Waals surface area contributed by atoms with E-state index in [1.807, 2.05) is 30.6 Å². The molecule has 0 spiro atoms. The van der Waals surface area contributed by atoms with E-state index in [1.165, 1.54) is 5.56 Å². The maximum Gasteiger partial charge on any atom is 0.122 e. The van der Waals surface area contributed by atoms with Gasteiger partial charge in [-0.05, 0) is 24.6 Å². The van der Waals surface area contributed by atoms with Crippen LogP contribution in [0.5, 0.6) is 5.75 Å². The van der Waals surface area contributed by atoms with E-state index in [0.29, 0.717) is 0 Å². The van der Waals surface area contributed by atoms with E-state index >= 15 is 0 Å². The van der Waals surface area contributed by atoms with E-state index in [9.17, 15) is 0 Å². The summed E-state index contributed by atoms with van der Waals surface area (Å²) in [6.45, 7) is 4.66. The summed E-state index contributed by atoms with van der Waals surface area (Å²) < 4.78 is 7.34. The molecular weight excluding hydrogens is 226 g/mol. The first-order chi connectivity index (χ1) is 8.83. The van der Waals surface area contributed by atoms with Gasteiger partial charge in [0.05, 0.1) is 13.7 Å². The molecule has 0 saturated carbocycles. The molecule has 0 bridgehead atoms. The SMILES string of the molecule is CCn1ccnc1CNCc1cccc(OC)c1. The summed E-state index contributed by atoms with van der Waals surface area (Å²) in [7, 11) is 1.69. The molecule has 96 valence electrons. The van der Waals surface area contributed by atoms with Crippen LogP contribution in [-0.2, 0) is 19.6 Å². The highest BCUT2D eigenvalue weighted by atomic mass is 16.5. The Morgan fingerprint density at radius 3 is 3.00 bits per heavy atom. The molecule has 18 heavy (non-hydrogen) atoms. The van der Waals surface area contributed by atoms with Crippen molar-refractivity contribution in [2.24, 2.45) is 0 Å². The summed E-state index contributed by atoms with van der Waals surface area (Å²) >= 11 is 0.